The highest BCUT2D eigenvalue weighted by Gasteiger charge is 2.21. The van der Waals surface area contributed by atoms with Gasteiger partial charge in [0.1, 0.15) is 0 Å². The summed E-state index contributed by atoms with van der Waals surface area (Å²) in [6.45, 7) is 5.76. The molecule has 1 aromatic carbocycles. The number of nitrogens with zero attached hydrogens (tertiary/aromatic N) is 1. The number of fused-ring (bicyclic) bond motifs is 1. The third-order valence-electron chi connectivity index (χ3n) is 3.40. The first-order valence-electron chi connectivity index (χ1n) is 6.88. The molecule has 0 fully saturated rings. The number of benzene rings is 1. The molecule has 2 N–H and O–H groups in total. The lowest BCUT2D eigenvalue weighted by atomic mass is 9.91. The van der Waals surface area contributed by atoms with Crippen molar-refractivity contribution in [2.75, 3.05) is 13.1 Å². The Morgan fingerprint density at radius 3 is 2.84 bits per heavy atom. The van der Waals surface area contributed by atoms with Crippen molar-refractivity contribution < 1.29 is 5.11 Å². The Kier molecular flexibility index (Phi) is 4.51. The smallest absolute Gasteiger partial charge is 0.0704 e. The molecule has 0 aliphatic rings. The van der Waals surface area contributed by atoms with E-state index >= 15 is 0 Å². The van der Waals surface area contributed by atoms with Crippen LogP contribution in [0.5, 0.6) is 0 Å². The van der Waals surface area contributed by atoms with E-state index in [0.29, 0.717) is 6.42 Å². The Morgan fingerprint density at radius 1 is 1.26 bits per heavy atom. The number of rotatable bonds is 6. The number of aromatic nitrogens is 1. The van der Waals surface area contributed by atoms with Crippen molar-refractivity contribution in [2.24, 2.45) is 0 Å². The predicted octanol–water partition coefficient (Wildman–Crippen LogP) is 2.53. The van der Waals surface area contributed by atoms with Gasteiger partial charge in [0, 0.05) is 18.0 Å². The molecule has 0 bridgehead atoms. The summed E-state index contributed by atoms with van der Waals surface area (Å²) in [5.74, 6) is 0. The molecule has 0 saturated carbocycles. The Bertz CT molecular complexity index is 532. The van der Waals surface area contributed by atoms with Crippen LogP contribution < -0.4 is 5.32 Å². The zero-order valence-corrected chi connectivity index (χ0v) is 11.7. The summed E-state index contributed by atoms with van der Waals surface area (Å²) in [5, 5.41) is 14.9. The third-order valence-corrected chi connectivity index (χ3v) is 3.40. The highest BCUT2D eigenvalue weighted by atomic mass is 16.3. The maximum atomic E-state index is 10.5. The lowest BCUT2D eigenvalue weighted by Gasteiger charge is -2.24. The molecular formula is C16H22N2O. The molecule has 102 valence electrons. The van der Waals surface area contributed by atoms with Crippen molar-refractivity contribution in [2.45, 2.75) is 32.3 Å². The van der Waals surface area contributed by atoms with Crippen molar-refractivity contribution in [3.8, 4) is 0 Å². The number of hydrogen-bond donors (Lipinski definition) is 2. The van der Waals surface area contributed by atoms with Gasteiger partial charge in [-0.1, -0.05) is 25.1 Å². The summed E-state index contributed by atoms with van der Waals surface area (Å²) < 4.78 is 0. The van der Waals surface area contributed by atoms with E-state index in [4.69, 9.17) is 0 Å². The van der Waals surface area contributed by atoms with Crippen molar-refractivity contribution in [1.29, 1.82) is 0 Å². The molecule has 1 aromatic heterocycles. The SMILES string of the molecule is CCNCCC(C)(O)Cc1ccnc2ccccc12. The summed E-state index contributed by atoms with van der Waals surface area (Å²) >= 11 is 0. The summed E-state index contributed by atoms with van der Waals surface area (Å²) in [4.78, 5) is 4.35. The highest BCUT2D eigenvalue weighted by molar-refractivity contribution is 5.81. The predicted molar refractivity (Wildman–Crippen MR) is 79.2 cm³/mol. The normalized spacial score (nSPS) is 14.5. The first kappa shape index (κ1) is 14.0. The van der Waals surface area contributed by atoms with Crippen molar-refractivity contribution in [1.82, 2.24) is 10.3 Å². The van der Waals surface area contributed by atoms with E-state index in [0.717, 1.165) is 36.0 Å². The molecule has 3 nitrogen and oxygen atoms in total. The molecule has 1 heterocycles. The van der Waals surface area contributed by atoms with Crippen molar-refractivity contribution in [3.05, 3.63) is 42.1 Å². The van der Waals surface area contributed by atoms with Gasteiger partial charge in [-0.2, -0.15) is 0 Å². The Labute approximate surface area is 114 Å². The average molecular weight is 258 g/mol. The van der Waals surface area contributed by atoms with E-state index in [1.807, 2.05) is 37.4 Å². The summed E-state index contributed by atoms with van der Waals surface area (Å²) in [6, 6.07) is 10.1. The second-order valence-corrected chi connectivity index (χ2v) is 5.26. The van der Waals surface area contributed by atoms with Crippen LogP contribution in [0.3, 0.4) is 0 Å². The van der Waals surface area contributed by atoms with Gasteiger partial charge in [-0.3, -0.25) is 4.98 Å². The lowest BCUT2D eigenvalue weighted by molar-refractivity contribution is 0.0520. The number of hydrogen-bond acceptors (Lipinski definition) is 3. The fourth-order valence-electron chi connectivity index (χ4n) is 2.34. The quantitative estimate of drug-likeness (QED) is 0.783. The highest BCUT2D eigenvalue weighted by Crippen LogP contribution is 2.22. The Morgan fingerprint density at radius 2 is 2.05 bits per heavy atom. The first-order valence-corrected chi connectivity index (χ1v) is 6.88. The van der Waals surface area contributed by atoms with Gasteiger partial charge in [0.25, 0.3) is 0 Å². The minimum absolute atomic E-state index is 0.654. The molecule has 0 saturated heterocycles. The van der Waals surface area contributed by atoms with E-state index in [9.17, 15) is 5.11 Å². The van der Waals surface area contributed by atoms with E-state index in [1.54, 1.807) is 0 Å². The van der Waals surface area contributed by atoms with Gasteiger partial charge in [0.2, 0.25) is 0 Å². The minimum Gasteiger partial charge on any atom is -0.390 e. The molecule has 1 atom stereocenters. The van der Waals surface area contributed by atoms with Gasteiger partial charge in [-0.05, 0) is 44.1 Å². The van der Waals surface area contributed by atoms with Gasteiger partial charge < -0.3 is 10.4 Å². The van der Waals surface area contributed by atoms with E-state index in [2.05, 4.69) is 23.3 Å². The van der Waals surface area contributed by atoms with Crippen molar-refractivity contribution in [3.63, 3.8) is 0 Å². The largest absolute Gasteiger partial charge is 0.390 e. The zero-order chi connectivity index (χ0) is 13.7. The van der Waals surface area contributed by atoms with Gasteiger partial charge in [-0.25, -0.2) is 0 Å². The molecule has 2 rings (SSSR count). The van der Waals surface area contributed by atoms with Crippen LogP contribution in [0.15, 0.2) is 36.5 Å². The topological polar surface area (TPSA) is 45.1 Å². The molecule has 2 aromatic rings. The Balaban J connectivity index is 2.16. The molecule has 0 radical (unpaired) electrons. The molecule has 0 amide bonds. The van der Waals surface area contributed by atoms with Crippen LogP contribution in [0.1, 0.15) is 25.8 Å². The molecule has 0 aliphatic heterocycles. The maximum absolute atomic E-state index is 10.5. The molecular weight excluding hydrogens is 236 g/mol. The maximum Gasteiger partial charge on any atom is 0.0704 e. The van der Waals surface area contributed by atoms with Gasteiger partial charge >= 0.3 is 0 Å². The molecule has 0 spiro atoms. The minimum atomic E-state index is -0.688. The van der Waals surface area contributed by atoms with Crippen molar-refractivity contribution >= 4 is 10.9 Å². The van der Waals surface area contributed by atoms with E-state index in [1.165, 1.54) is 0 Å². The van der Waals surface area contributed by atoms with Crippen LogP contribution in [0.4, 0.5) is 0 Å². The number of para-hydroxylation sites is 1. The van der Waals surface area contributed by atoms with Crippen LogP contribution in [0.2, 0.25) is 0 Å². The summed E-state index contributed by atoms with van der Waals surface area (Å²) in [5.41, 5.74) is 1.46. The number of nitrogens with one attached hydrogen (secondary N) is 1. The fourth-order valence-corrected chi connectivity index (χ4v) is 2.34. The van der Waals surface area contributed by atoms with Gasteiger partial charge in [0.05, 0.1) is 11.1 Å². The van der Waals surface area contributed by atoms with Gasteiger partial charge in [-0.15, -0.1) is 0 Å². The average Bonchev–Trinajstić information content (AvgIpc) is 2.39. The third kappa shape index (κ3) is 3.75. The van der Waals surface area contributed by atoms with E-state index in [-0.39, 0.29) is 0 Å². The molecule has 19 heavy (non-hydrogen) atoms. The van der Waals surface area contributed by atoms with Crippen LogP contribution in [0.25, 0.3) is 10.9 Å². The van der Waals surface area contributed by atoms with Crippen LogP contribution >= 0.6 is 0 Å². The summed E-state index contributed by atoms with van der Waals surface area (Å²) in [7, 11) is 0. The molecule has 3 heteroatoms. The fraction of sp³-hybridized carbons (Fsp3) is 0.438. The zero-order valence-electron chi connectivity index (χ0n) is 11.7. The summed E-state index contributed by atoms with van der Waals surface area (Å²) in [6.07, 6.45) is 3.22. The molecule has 0 aliphatic carbocycles. The number of aliphatic hydroxyl groups is 1. The van der Waals surface area contributed by atoms with E-state index < -0.39 is 5.60 Å². The lowest BCUT2D eigenvalue weighted by Crippen LogP contribution is -2.32. The monoisotopic (exact) mass is 258 g/mol. The first-order chi connectivity index (χ1) is 9.12. The van der Waals surface area contributed by atoms with Gasteiger partial charge in [0.15, 0.2) is 0 Å². The Hall–Kier alpha value is -1.45. The molecule has 1 unspecified atom stereocenters. The second-order valence-electron chi connectivity index (χ2n) is 5.26. The van der Waals surface area contributed by atoms with Crippen LogP contribution in [0, 0.1) is 0 Å². The second kappa shape index (κ2) is 6.13. The standard InChI is InChI=1S/C16H22N2O/c1-3-17-11-9-16(2,19)12-13-8-10-18-15-7-5-4-6-14(13)15/h4-8,10,17,19H,3,9,11-12H2,1-2H3. The van der Waals surface area contributed by atoms with Crippen LogP contribution in [-0.4, -0.2) is 28.8 Å². The van der Waals surface area contributed by atoms with Crippen LogP contribution in [-0.2, 0) is 6.42 Å². The number of pyridine rings is 1.